The van der Waals surface area contributed by atoms with E-state index in [0.29, 0.717) is 35.2 Å². The highest BCUT2D eigenvalue weighted by atomic mass is 35.5. The highest BCUT2D eigenvalue weighted by Crippen LogP contribution is 2.49. The van der Waals surface area contributed by atoms with E-state index < -0.39 is 16.7 Å². The maximum atomic E-state index is 14.8. The van der Waals surface area contributed by atoms with Gasteiger partial charge >= 0.3 is 0 Å². The third-order valence-electron chi connectivity index (χ3n) is 11.2. The lowest BCUT2D eigenvalue weighted by Gasteiger charge is -2.47. The van der Waals surface area contributed by atoms with E-state index in [4.69, 9.17) is 23.2 Å². The lowest BCUT2D eigenvalue weighted by Crippen LogP contribution is -2.56. The van der Waals surface area contributed by atoms with Crippen molar-refractivity contribution in [1.82, 2.24) is 14.7 Å². The summed E-state index contributed by atoms with van der Waals surface area (Å²) in [6.45, 7) is 4.41. The average molecular weight is 781 g/mol. The Morgan fingerprint density at radius 3 is 2.06 bits per heavy atom. The van der Waals surface area contributed by atoms with Crippen LogP contribution in [0.3, 0.4) is 0 Å². The van der Waals surface area contributed by atoms with Gasteiger partial charge in [-0.15, -0.1) is 12.4 Å². The summed E-state index contributed by atoms with van der Waals surface area (Å²) < 4.78 is 13.2. The maximum Gasteiger partial charge on any atom is 0.224 e. The molecule has 1 unspecified atom stereocenters. The predicted octanol–water partition coefficient (Wildman–Crippen LogP) is 8.80. The molecule has 4 aromatic carbocycles. The van der Waals surface area contributed by atoms with E-state index in [-0.39, 0.29) is 47.9 Å². The van der Waals surface area contributed by atoms with Crippen molar-refractivity contribution in [1.29, 1.82) is 0 Å². The van der Waals surface area contributed by atoms with Crippen molar-refractivity contribution < 1.29 is 14.1 Å². The minimum Gasteiger partial charge on any atom is -0.615 e. The first-order valence-electron chi connectivity index (χ1n) is 17.8. The molecule has 2 aliphatic rings. The van der Waals surface area contributed by atoms with Crippen LogP contribution in [0.5, 0.6) is 0 Å². The molecule has 6 nitrogen and oxygen atoms in total. The van der Waals surface area contributed by atoms with Crippen LogP contribution in [0.1, 0.15) is 72.8 Å². The summed E-state index contributed by atoms with van der Waals surface area (Å²) in [6, 6.07) is 34.2. The molecule has 0 aromatic heterocycles. The number of carbonyl (C=O) groups is 2. The zero-order valence-corrected chi connectivity index (χ0v) is 33.2. The lowest BCUT2D eigenvalue weighted by molar-refractivity contribution is -0.141. The molecular weight excluding hydrogens is 733 g/mol. The molecule has 2 atom stereocenters. The van der Waals surface area contributed by atoms with Crippen LogP contribution in [-0.4, -0.2) is 71.3 Å². The highest BCUT2D eigenvalue weighted by Gasteiger charge is 2.52. The molecule has 0 aliphatic carbocycles. The monoisotopic (exact) mass is 779 g/mol. The van der Waals surface area contributed by atoms with E-state index in [0.717, 1.165) is 42.6 Å². The number of benzene rings is 4. The Morgan fingerprint density at radius 2 is 1.46 bits per heavy atom. The SMILES string of the molecule is CCC(=O)N(C)CC(CCN1CCC2(CC1)c1ccccc1C[S@+]2[O-])(c1ccc(Cl)c(Cl)c1)N(C)C(=O)CC(c1ccccc1)c1ccccc1.Cl. The number of piperidine rings is 1. The van der Waals surface area contributed by atoms with E-state index in [1.165, 1.54) is 11.1 Å². The van der Waals surface area contributed by atoms with Gasteiger partial charge in [-0.2, -0.15) is 0 Å². The summed E-state index contributed by atoms with van der Waals surface area (Å²) in [7, 11) is 3.68. The molecule has 52 heavy (non-hydrogen) atoms. The molecule has 10 heteroatoms. The summed E-state index contributed by atoms with van der Waals surface area (Å²) in [6.07, 6.45) is 2.78. The van der Waals surface area contributed by atoms with Crippen LogP contribution in [0, 0.1) is 0 Å². The first-order valence-corrected chi connectivity index (χ1v) is 19.9. The fraction of sp³-hybridized carbons (Fsp3) is 0.381. The molecule has 4 aromatic rings. The van der Waals surface area contributed by atoms with Crippen LogP contribution >= 0.6 is 35.6 Å². The Bertz CT molecular complexity index is 1780. The quantitative estimate of drug-likeness (QED) is 0.135. The molecule has 0 bridgehead atoms. The Hall–Kier alpha value is -3.04. The number of nitrogens with zero attached hydrogens (tertiary/aromatic N) is 3. The van der Waals surface area contributed by atoms with Crippen LogP contribution < -0.4 is 0 Å². The van der Waals surface area contributed by atoms with Crippen molar-refractivity contribution in [2.75, 3.05) is 40.3 Å². The number of halogens is 3. The van der Waals surface area contributed by atoms with E-state index >= 15 is 0 Å². The molecule has 2 heterocycles. The van der Waals surface area contributed by atoms with E-state index in [9.17, 15) is 14.1 Å². The Balaban J connectivity index is 0.00000523. The van der Waals surface area contributed by atoms with Gasteiger partial charge in [0, 0.05) is 83.0 Å². The van der Waals surface area contributed by atoms with E-state index in [1.54, 1.807) is 11.0 Å². The van der Waals surface area contributed by atoms with Crippen molar-refractivity contribution in [3.8, 4) is 0 Å². The largest absolute Gasteiger partial charge is 0.615 e. The van der Waals surface area contributed by atoms with E-state index in [2.05, 4.69) is 47.4 Å². The minimum atomic E-state index is -0.951. The van der Waals surface area contributed by atoms with Crippen LogP contribution in [0.15, 0.2) is 103 Å². The van der Waals surface area contributed by atoms with Crippen molar-refractivity contribution in [2.24, 2.45) is 0 Å². The number of likely N-dealkylation sites (tertiary alicyclic amines) is 1. The molecule has 276 valence electrons. The molecule has 1 fully saturated rings. The van der Waals surface area contributed by atoms with Crippen LogP contribution in [0.2, 0.25) is 10.0 Å². The lowest BCUT2D eigenvalue weighted by atomic mass is 9.81. The molecule has 2 aliphatic heterocycles. The fourth-order valence-electron chi connectivity index (χ4n) is 8.14. The van der Waals surface area contributed by atoms with Crippen LogP contribution in [0.4, 0.5) is 0 Å². The Morgan fingerprint density at radius 1 is 0.865 bits per heavy atom. The number of rotatable bonds is 12. The second-order valence-electron chi connectivity index (χ2n) is 14.0. The highest BCUT2D eigenvalue weighted by molar-refractivity contribution is 7.92. The van der Waals surface area contributed by atoms with Gasteiger partial charge in [0.1, 0.15) is 5.75 Å². The van der Waals surface area contributed by atoms with Crippen molar-refractivity contribution in [3.05, 3.63) is 141 Å². The molecule has 2 amide bonds. The van der Waals surface area contributed by atoms with E-state index in [1.807, 2.05) is 80.5 Å². The molecule has 0 saturated carbocycles. The van der Waals surface area contributed by atoms with Gasteiger partial charge in [-0.25, -0.2) is 0 Å². The normalized spacial score (nSPS) is 17.6. The van der Waals surface area contributed by atoms with Crippen LogP contribution in [-0.2, 0) is 36.8 Å². The molecule has 1 saturated heterocycles. The van der Waals surface area contributed by atoms with Gasteiger partial charge in [-0.05, 0) is 46.4 Å². The van der Waals surface area contributed by atoms with Gasteiger partial charge in [-0.3, -0.25) is 9.59 Å². The molecule has 0 radical (unpaired) electrons. The van der Waals surface area contributed by atoms with Crippen LogP contribution in [0.25, 0.3) is 0 Å². The summed E-state index contributed by atoms with van der Waals surface area (Å²) in [4.78, 5) is 34.0. The zero-order valence-electron chi connectivity index (χ0n) is 30.1. The fourth-order valence-corrected chi connectivity index (χ4v) is 10.3. The summed E-state index contributed by atoms with van der Waals surface area (Å²) in [5.74, 6) is 0.423. The third-order valence-corrected chi connectivity index (χ3v) is 14.0. The van der Waals surface area contributed by atoms with Crippen molar-refractivity contribution >= 4 is 58.6 Å². The third kappa shape index (κ3) is 8.20. The van der Waals surface area contributed by atoms with Gasteiger partial charge < -0.3 is 19.3 Å². The van der Waals surface area contributed by atoms with Crippen molar-refractivity contribution in [2.45, 2.75) is 61.0 Å². The number of amides is 2. The number of likely N-dealkylation sites (N-methyl/N-ethyl adjacent to an activating group) is 2. The summed E-state index contributed by atoms with van der Waals surface area (Å²) >= 11 is 12.2. The Kier molecular flexibility index (Phi) is 13.4. The second-order valence-corrected chi connectivity index (χ2v) is 16.6. The zero-order chi connectivity index (χ0) is 36.2. The standard InChI is InChI=1S/C42H47Cl2N3O3S.ClH/c1-4-39(48)45(2)30-41(34-19-20-37(43)38(44)27-34,21-24-47-25-22-42(23-26-47)36-18-12-11-17-33(36)29-51(42)50)46(3)40(49)28-35(31-13-7-5-8-14-31)32-15-9-6-10-16-32;/h5-20,27,35H,4,21-26,28-30H2,1-3H3;1H/t41?,51-;/m0./s1. The Labute approximate surface area is 328 Å². The minimum absolute atomic E-state index is 0. The summed E-state index contributed by atoms with van der Waals surface area (Å²) in [5.41, 5.74) is 4.49. The van der Waals surface area contributed by atoms with Crippen molar-refractivity contribution in [3.63, 3.8) is 0 Å². The number of hydrogen-bond donors (Lipinski definition) is 0. The number of fused-ring (bicyclic) bond motifs is 2. The van der Waals surface area contributed by atoms with Gasteiger partial charge in [0.25, 0.3) is 0 Å². The first-order chi connectivity index (χ1) is 24.6. The number of hydrogen-bond acceptors (Lipinski definition) is 4. The van der Waals surface area contributed by atoms with Gasteiger partial charge in [0.05, 0.1) is 15.6 Å². The molecule has 1 spiro atoms. The smallest absolute Gasteiger partial charge is 0.224 e. The van der Waals surface area contributed by atoms with Gasteiger partial charge in [-0.1, -0.05) is 121 Å². The second kappa shape index (κ2) is 17.4. The predicted molar refractivity (Wildman–Crippen MR) is 216 cm³/mol. The van der Waals surface area contributed by atoms with Gasteiger partial charge in [0.15, 0.2) is 4.75 Å². The maximum absolute atomic E-state index is 14.8. The first kappa shape index (κ1) is 40.2. The summed E-state index contributed by atoms with van der Waals surface area (Å²) in [5, 5.41) is 0.832. The molecule has 0 N–H and O–H groups in total. The topological polar surface area (TPSA) is 66.9 Å². The molecule has 6 rings (SSSR count). The van der Waals surface area contributed by atoms with Gasteiger partial charge in [0.2, 0.25) is 11.8 Å². The molecular formula is C42H48Cl3N3O3S. The number of carbonyl (C=O) groups excluding carboxylic acids is 2. The average Bonchev–Trinajstić information content (AvgIpc) is 3.43.